The van der Waals surface area contributed by atoms with Crippen molar-refractivity contribution in [1.29, 1.82) is 0 Å². The number of carbonyl (C=O) groups is 2. The summed E-state index contributed by atoms with van der Waals surface area (Å²) in [6.07, 6.45) is -2.28. The third-order valence-electron chi connectivity index (χ3n) is 6.45. The molecular formula is C30H31F2N3O4. The van der Waals surface area contributed by atoms with Crippen LogP contribution in [-0.4, -0.2) is 48.6 Å². The zero-order chi connectivity index (χ0) is 28.1. The van der Waals surface area contributed by atoms with Gasteiger partial charge in [-0.2, -0.15) is 0 Å². The number of halogens is 2. The normalized spacial score (nSPS) is 16.7. The van der Waals surface area contributed by atoms with Crippen LogP contribution in [0.3, 0.4) is 0 Å². The van der Waals surface area contributed by atoms with Crippen LogP contribution in [0.15, 0.2) is 77.8 Å². The Balaban J connectivity index is 1.60. The number of benzodiazepines with no additional fused rings is 1. The molecule has 2 amide bonds. The fraction of sp³-hybridized carbons (Fsp3) is 0.300. The van der Waals surface area contributed by atoms with Gasteiger partial charge in [0, 0.05) is 36.4 Å². The molecule has 3 aromatic rings. The molecule has 0 aliphatic carbocycles. The predicted octanol–water partition coefficient (Wildman–Crippen LogP) is 4.32. The molecule has 3 aromatic carbocycles. The third kappa shape index (κ3) is 6.67. The molecular weight excluding hydrogens is 504 g/mol. The number of anilines is 1. The second-order valence-electron chi connectivity index (χ2n) is 9.89. The van der Waals surface area contributed by atoms with E-state index in [1.54, 1.807) is 7.05 Å². The first-order chi connectivity index (χ1) is 18.6. The monoisotopic (exact) mass is 535 g/mol. The number of nitrogens with one attached hydrogen (secondary N) is 1. The average molecular weight is 536 g/mol. The summed E-state index contributed by atoms with van der Waals surface area (Å²) in [5, 5.41) is 13.6. The van der Waals surface area contributed by atoms with Gasteiger partial charge >= 0.3 is 0 Å². The number of aliphatic imine (C=N–C) groups is 1. The molecule has 1 heterocycles. The molecule has 7 nitrogen and oxygen atoms in total. The molecule has 0 saturated heterocycles. The summed E-state index contributed by atoms with van der Waals surface area (Å²) in [5.41, 5.74) is 2.72. The number of aliphatic hydroxyl groups is 1. The van der Waals surface area contributed by atoms with E-state index in [9.17, 15) is 23.5 Å². The van der Waals surface area contributed by atoms with Crippen molar-refractivity contribution in [3.63, 3.8) is 0 Å². The number of fused-ring (bicyclic) bond motifs is 1. The summed E-state index contributed by atoms with van der Waals surface area (Å²) < 4.78 is 32.5. The van der Waals surface area contributed by atoms with Gasteiger partial charge in [-0.3, -0.25) is 9.59 Å². The van der Waals surface area contributed by atoms with Crippen LogP contribution in [0.2, 0.25) is 0 Å². The zero-order valence-electron chi connectivity index (χ0n) is 22.0. The van der Waals surface area contributed by atoms with Crippen molar-refractivity contribution < 1.29 is 28.2 Å². The number of ether oxygens (including phenoxy) is 1. The Morgan fingerprint density at radius 3 is 2.36 bits per heavy atom. The lowest BCUT2D eigenvalue weighted by Gasteiger charge is -2.26. The number of aliphatic hydroxyl groups excluding tert-OH is 1. The largest absolute Gasteiger partial charge is 0.491 e. The van der Waals surface area contributed by atoms with Gasteiger partial charge in [-0.1, -0.05) is 62.4 Å². The molecule has 0 bridgehead atoms. The van der Waals surface area contributed by atoms with E-state index in [0.717, 1.165) is 23.3 Å². The van der Waals surface area contributed by atoms with Crippen molar-refractivity contribution in [2.24, 2.45) is 16.8 Å². The van der Waals surface area contributed by atoms with E-state index in [1.807, 2.05) is 68.4 Å². The third-order valence-corrected chi connectivity index (χ3v) is 6.45. The Bertz CT molecular complexity index is 1340. The van der Waals surface area contributed by atoms with Gasteiger partial charge in [0.15, 0.2) is 0 Å². The zero-order valence-corrected chi connectivity index (χ0v) is 22.0. The second-order valence-corrected chi connectivity index (χ2v) is 9.89. The lowest BCUT2D eigenvalue weighted by Crippen LogP contribution is -2.50. The topological polar surface area (TPSA) is 91.2 Å². The van der Waals surface area contributed by atoms with Crippen molar-refractivity contribution in [3.05, 3.63) is 95.6 Å². The van der Waals surface area contributed by atoms with E-state index in [2.05, 4.69) is 10.3 Å². The van der Waals surface area contributed by atoms with Crippen molar-refractivity contribution in [2.75, 3.05) is 18.6 Å². The van der Waals surface area contributed by atoms with Crippen LogP contribution in [0.4, 0.5) is 14.5 Å². The standard InChI is InChI=1S/C30H31F2N3O4/c1-18(2)13-24(26(36)17-39-22-15-20(31)14-21(32)16-22)29(37)34-28-30(38)35(3)25-12-8-7-11-23(25)27(33-28)19-9-5-4-6-10-19/h4-12,14-16,18,24,26,28,36H,13,17H2,1-3H3,(H,34,37)/t24-,26+,28?/m1/s1. The molecule has 1 aliphatic heterocycles. The minimum absolute atomic E-state index is 0.0159. The summed E-state index contributed by atoms with van der Waals surface area (Å²) in [6.45, 7) is 3.40. The fourth-order valence-electron chi connectivity index (χ4n) is 4.54. The van der Waals surface area contributed by atoms with Crippen LogP contribution < -0.4 is 15.0 Å². The molecule has 3 atom stereocenters. The van der Waals surface area contributed by atoms with Gasteiger partial charge in [-0.25, -0.2) is 13.8 Å². The van der Waals surface area contributed by atoms with Crippen molar-refractivity contribution in [2.45, 2.75) is 32.5 Å². The highest BCUT2D eigenvalue weighted by atomic mass is 19.1. The van der Waals surface area contributed by atoms with Gasteiger partial charge in [-0.15, -0.1) is 0 Å². The number of para-hydroxylation sites is 1. The average Bonchev–Trinajstić information content (AvgIpc) is 3.01. The van der Waals surface area contributed by atoms with E-state index in [-0.39, 0.29) is 24.7 Å². The number of amides is 2. The Kier molecular flexibility index (Phi) is 8.71. The summed E-state index contributed by atoms with van der Waals surface area (Å²) >= 11 is 0. The van der Waals surface area contributed by atoms with Crippen LogP contribution in [-0.2, 0) is 9.59 Å². The number of nitrogens with zero attached hydrogens (tertiary/aromatic N) is 2. The number of rotatable bonds is 9. The van der Waals surface area contributed by atoms with Gasteiger partial charge in [0.25, 0.3) is 5.91 Å². The van der Waals surface area contributed by atoms with Crippen molar-refractivity contribution in [1.82, 2.24) is 5.32 Å². The van der Waals surface area contributed by atoms with E-state index < -0.39 is 41.6 Å². The van der Waals surface area contributed by atoms with Crippen molar-refractivity contribution >= 4 is 23.2 Å². The minimum atomic E-state index is -1.31. The maximum Gasteiger partial charge on any atom is 0.272 e. The molecule has 0 fully saturated rings. The molecule has 0 saturated carbocycles. The van der Waals surface area contributed by atoms with Crippen LogP contribution in [0.1, 0.15) is 31.4 Å². The highest BCUT2D eigenvalue weighted by Gasteiger charge is 2.35. The molecule has 0 aromatic heterocycles. The van der Waals surface area contributed by atoms with Crippen LogP contribution in [0.5, 0.6) is 5.75 Å². The van der Waals surface area contributed by atoms with Gasteiger partial charge in [0.05, 0.1) is 23.4 Å². The van der Waals surface area contributed by atoms with E-state index in [4.69, 9.17) is 4.74 Å². The van der Waals surface area contributed by atoms with E-state index in [1.165, 1.54) is 4.90 Å². The Hall–Kier alpha value is -4.11. The molecule has 0 spiro atoms. The summed E-state index contributed by atoms with van der Waals surface area (Å²) in [5.74, 6) is -3.72. The van der Waals surface area contributed by atoms with Gasteiger partial charge in [0.2, 0.25) is 12.1 Å². The van der Waals surface area contributed by atoms with Crippen LogP contribution >= 0.6 is 0 Å². The summed E-state index contributed by atoms with van der Waals surface area (Å²) in [6, 6.07) is 19.4. The molecule has 9 heteroatoms. The lowest BCUT2D eigenvalue weighted by molar-refractivity contribution is -0.133. The first-order valence-corrected chi connectivity index (χ1v) is 12.7. The summed E-state index contributed by atoms with van der Waals surface area (Å²) in [7, 11) is 1.62. The maximum absolute atomic E-state index is 13.5. The maximum atomic E-state index is 13.5. The molecule has 1 aliphatic rings. The highest BCUT2D eigenvalue weighted by Crippen LogP contribution is 2.27. The molecule has 39 heavy (non-hydrogen) atoms. The SMILES string of the molecule is CC(C)C[C@@H](C(=O)NC1N=C(c2ccccc2)c2ccccc2N(C)C1=O)[C@@H](O)COc1cc(F)cc(F)c1. The fourth-order valence-corrected chi connectivity index (χ4v) is 4.54. The Morgan fingerprint density at radius 1 is 1.05 bits per heavy atom. The highest BCUT2D eigenvalue weighted by molar-refractivity contribution is 6.20. The van der Waals surface area contributed by atoms with Gasteiger partial charge in [0.1, 0.15) is 24.0 Å². The first kappa shape index (κ1) is 27.9. The first-order valence-electron chi connectivity index (χ1n) is 12.7. The molecule has 2 N–H and O–H groups in total. The van der Waals surface area contributed by atoms with Crippen molar-refractivity contribution in [3.8, 4) is 5.75 Å². The molecule has 0 radical (unpaired) electrons. The number of likely N-dealkylation sites (N-methyl/N-ethyl adjacent to an activating group) is 1. The smallest absolute Gasteiger partial charge is 0.272 e. The van der Waals surface area contributed by atoms with Gasteiger partial charge in [-0.05, 0) is 18.4 Å². The Morgan fingerprint density at radius 2 is 1.69 bits per heavy atom. The predicted molar refractivity (Wildman–Crippen MR) is 145 cm³/mol. The minimum Gasteiger partial charge on any atom is -0.491 e. The Labute approximate surface area is 226 Å². The summed E-state index contributed by atoms with van der Waals surface area (Å²) in [4.78, 5) is 33.1. The van der Waals surface area contributed by atoms with E-state index in [0.29, 0.717) is 17.5 Å². The van der Waals surface area contributed by atoms with Gasteiger partial charge < -0.3 is 20.1 Å². The number of carbonyl (C=O) groups excluding carboxylic acids is 2. The number of hydrogen-bond acceptors (Lipinski definition) is 5. The molecule has 1 unspecified atom stereocenters. The number of benzene rings is 3. The van der Waals surface area contributed by atoms with Crippen LogP contribution in [0, 0.1) is 23.5 Å². The number of hydrogen-bond donors (Lipinski definition) is 2. The van der Waals surface area contributed by atoms with E-state index >= 15 is 0 Å². The quantitative estimate of drug-likeness (QED) is 0.427. The molecule has 4 rings (SSSR count). The lowest BCUT2D eigenvalue weighted by atomic mass is 9.91. The molecule has 204 valence electrons. The van der Waals surface area contributed by atoms with Crippen LogP contribution in [0.25, 0.3) is 0 Å². The second kappa shape index (κ2) is 12.2.